The molecule has 0 aliphatic heterocycles. The van der Waals surface area contributed by atoms with Crippen molar-refractivity contribution in [3.05, 3.63) is 16.1 Å². The number of aromatic nitrogens is 1. The number of terminal acetylenes is 1. The molecule has 1 aromatic heterocycles. The molecule has 0 spiro atoms. The monoisotopic (exact) mass is 180 g/mol. The Hall–Kier alpha value is -0.850. The van der Waals surface area contributed by atoms with Crippen molar-refractivity contribution in [2.45, 2.75) is 26.4 Å². The first-order chi connectivity index (χ1) is 5.72. The van der Waals surface area contributed by atoms with Gasteiger partial charge < -0.3 is 5.32 Å². The normalized spacial score (nSPS) is 10.2. The summed E-state index contributed by atoms with van der Waals surface area (Å²) >= 11 is 1.60. The third-order valence-electron chi connectivity index (χ3n) is 1.36. The van der Waals surface area contributed by atoms with Gasteiger partial charge in [0.1, 0.15) is 10.7 Å². The summed E-state index contributed by atoms with van der Waals surface area (Å²) in [6, 6.07) is 0.489. The van der Waals surface area contributed by atoms with Crippen LogP contribution in [0.2, 0.25) is 0 Å². The third kappa shape index (κ3) is 2.65. The summed E-state index contributed by atoms with van der Waals surface area (Å²) in [5.74, 6) is 2.51. The van der Waals surface area contributed by atoms with Crippen LogP contribution in [0, 0.1) is 12.3 Å². The summed E-state index contributed by atoms with van der Waals surface area (Å²) in [4.78, 5) is 4.22. The molecule has 0 saturated carbocycles. The summed E-state index contributed by atoms with van der Waals surface area (Å²) in [6.45, 7) is 5.02. The highest BCUT2D eigenvalue weighted by Gasteiger charge is 1.99. The van der Waals surface area contributed by atoms with Crippen molar-refractivity contribution in [1.29, 1.82) is 0 Å². The Morgan fingerprint density at radius 1 is 1.75 bits per heavy atom. The molecule has 2 nitrogen and oxygen atoms in total. The molecule has 0 saturated heterocycles. The van der Waals surface area contributed by atoms with Crippen molar-refractivity contribution in [1.82, 2.24) is 10.3 Å². The van der Waals surface area contributed by atoms with Gasteiger partial charge in [-0.15, -0.1) is 17.8 Å². The van der Waals surface area contributed by atoms with E-state index in [1.54, 1.807) is 11.3 Å². The van der Waals surface area contributed by atoms with Crippen molar-refractivity contribution in [3.8, 4) is 12.3 Å². The molecule has 0 aliphatic carbocycles. The summed E-state index contributed by atoms with van der Waals surface area (Å²) < 4.78 is 0. The molecule has 0 aliphatic rings. The van der Waals surface area contributed by atoms with Crippen LogP contribution in [-0.4, -0.2) is 11.0 Å². The minimum absolute atomic E-state index is 0.489. The van der Waals surface area contributed by atoms with Crippen molar-refractivity contribution in [3.63, 3.8) is 0 Å². The van der Waals surface area contributed by atoms with Crippen LogP contribution in [-0.2, 0) is 6.54 Å². The Morgan fingerprint density at radius 2 is 2.50 bits per heavy atom. The molecule has 1 N–H and O–H groups in total. The molecule has 0 radical (unpaired) electrons. The highest BCUT2D eigenvalue weighted by molar-refractivity contribution is 7.09. The van der Waals surface area contributed by atoms with Gasteiger partial charge in [0.25, 0.3) is 0 Å². The van der Waals surface area contributed by atoms with E-state index in [1.165, 1.54) is 0 Å². The fraction of sp³-hybridized carbons (Fsp3) is 0.444. The molecule has 0 bridgehead atoms. The first kappa shape index (κ1) is 9.24. The predicted molar refractivity (Wildman–Crippen MR) is 52.0 cm³/mol. The van der Waals surface area contributed by atoms with Gasteiger partial charge in [-0.1, -0.05) is 13.8 Å². The number of hydrogen-bond acceptors (Lipinski definition) is 3. The number of hydrogen-bond donors (Lipinski definition) is 1. The lowest BCUT2D eigenvalue weighted by Crippen LogP contribution is -2.21. The van der Waals surface area contributed by atoms with Crippen molar-refractivity contribution < 1.29 is 0 Å². The molecule has 1 rings (SSSR count). The van der Waals surface area contributed by atoms with Crippen LogP contribution in [0.15, 0.2) is 5.38 Å². The van der Waals surface area contributed by atoms with E-state index in [0.29, 0.717) is 6.04 Å². The lowest BCUT2D eigenvalue weighted by molar-refractivity contribution is 0.587. The van der Waals surface area contributed by atoms with Gasteiger partial charge >= 0.3 is 0 Å². The van der Waals surface area contributed by atoms with Gasteiger partial charge in [-0.2, -0.15) is 0 Å². The van der Waals surface area contributed by atoms with E-state index in [0.717, 1.165) is 17.2 Å². The minimum Gasteiger partial charge on any atom is -0.308 e. The lowest BCUT2D eigenvalue weighted by Gasteiger charge is -2.04. The van der Waals surface area contributed by atoms with E-state index in [-0.39, 0.29) is 0 Å². The van der Waals surface area contributed by atoms with Crippen LogP contribution in [0.3, 0.4) is 0 Å². The third-order valence-corrected chi connectivity index (χ3v) is 2.21. The van der Waals surface area contributed by atoms with Gasteiger partial charge in [-0.25, -0.2) is 4.98 Å². The SMILES string of the molecule is C#Cc1csc(CNC(C)C)n1. The summed E-state index contributed by atoms with van der Waals surface area (Å²) in [5.41, 5.74) is 0.737. The van der Waals surface area contributed by atoms with Gasteiger partial charge in [0.15, 0.2) is 0 Å². The topological polar surface area (TPSA) is 24.9 Å². The molecule has 0 amide bonds. The van der Waals surface area contributed by atoms with Crippen LogP contribution in [0.4, 0.5) is 0 Å². The van der Waals surface area contributed by atoms with Crippen molar-refractivity contribution >= 4 is 11.3 Å². The molecule has 0 fully saturated rings. The second-order valence-electron chi connectivity index (χ2n) is 2.81. The summed E-state index contributed by atoms with van der Waals surface area (Å²) in [7, 11) is 0. The molecular weight excluding hydrogens is 168 g/mol. The highest BCUT2D eigenvalue weighted by atomic mass is 32.1. The van der Waals surface area contributed by atoms with Crippen LogP contribution in [0.1, 0.15) is 24.5 Å². The second kappa shape index (κ2) is 4.24. The van der Waals surface area contributed by atoms with E-state index in [1.807, 2.05) is 5.38 Å². The minimum atomic E-state index is 0.489. The number of rotatable bonds is 3. The number of thiazole rings is 1. The maximum Gasteiger partial charge on any atom is 0.124 e. The first-order valence-corrected chi connectivity index (χ1v) is 4.74. The second-order valence-corrected chi connectivity index (χ2v) is 3.75. The fourth-order valence-corrected chi connectivity index (χ4v) is 1.44. The van der Waals surface area contributed by atoms with Crippen LogP contribution >= 0.6 is 11.3 Å². The van der Waals surface area contributed by atoms with E-state index in [2.05, 4.69) is 30.1 Å². The Labute approximate surface area is 77.0 Å². The standard InChI is InChI=1S/C9H12N2S/c1-4-8-6-12-9(11-8)5-10-7(2)3/h1,6-7,10H,5H2,2-3H3. The van der Waals surface area contributed by atoms with Crippen LogP contribution in [0.5, 0.6) is 0 Å². The molecule has 3 heteroatoms. The van der Waals surface area contributed by atoms with Gasteiger partial charge in [-0.3, -0.25) is 0 Å². The Morgan fingerprint density at radius 3 is 3.00 bits per heavy atom. The highest BCUT2D eigenvalue weighted by Crippen LogP contribution is 2.08. The van der Waals surface area contributed by atoms with Crippen molar-refractivity contribution in [2.75, 3.05) is 0 Å². The Kier molecular flexibility index (Phi) is 3.27. The molecule has 0 atom stereocenters. The van der Waals surface area contributed by atoms with Crippen LogP contribution in [0.25, 0.3) is 0 Å². The number of nitrogens with zero attached hydrogens (tertiary/aromatic N) is 1. The van der Waals surface area contributed by atoms with Gasteiger partial charge in [0.2, 0.25) is 0 Å². The maximum absolute atomic E-state index is 5.19. The van der Waals surface area contributed by atoms with E-state index in [9.17, 15) is 0 Å². The fourth-order valence-electron chi connectivity index (χ4n) is 0.750. The Balaban J connectivity index is 2.48. The molecule has 1 heterocycles. The van der Waals surface area contributed by atoms with Gasteiger partial charge in [-0.05, 0) is 5.92 Å². The summed E-state index contributed by atoms with van der Waals surface area (Å²) in [6.07, 6.45) is 5.19. The summed E-state index contributed by atoms with van der Waals surface area (Å²) in [5, 5.41) is 6.23. The smallest absolute Gasteiger partial charge is 0.124 e. The zero-order valence-corrected chi connectivity index (χ0v) is 8.11. The zero-order valence-electron chi connectivity index (χ0n) is 7.29. The number of nitrogens with one attached hydrogen (secondary N) is 1. The van der Waals surface area contributed by atoms with Crippen molar-refractivity contribution in [2.24, 2.45) is 0 Å². The molecule has 0 aromatic carbocycles. The van der Waals surface area contributed by atoms with E-state index in [4.69, 9.17) is 6.42 Å². The maximum atomic E-state index is 5.19. The largest absolute Gasteiger partial charge is 0.308 e. The average molecular weight is 180 g/mol. The van der Waals surface area contributed by atoms with Crippen LogP contribution < -0.4 is 5.32 Å². The van der Waals surface area contributed by atoms with Gasteiger partial charge in [0, 0.05) is 18.0 Å². The quantitative estimate of drug-likeness (QED) is 0.715. The molecule has 12 heavy (non-hydrogen) atoms. The average Bonchev–Trinajstić information content (AvgIpc) is 2.48. The molecule has 0 unspecified atom stereocenters. The molecular formula is C9H12N2S. The van der Waals surface area contributed by atoms with Gasteiger partial charge in [0.05, 0.1) is 0 Å². The zero-order chi connectivity index (χ0) is 8.97. The molecule has 64 valence electrons. The van der Waals surface area contributed by atoms with E-state index < -0.39 is 0 Å². The predicted octanol–water partition coefficient (Wildman–Crippen LogP) is 1.62. The van der Waals surface area contributed by atoms with E-state index >= 15 is 0 Å². The first-order valence-electron chi connectivity index (χ1n) is 3.86. The molecule has 1 aromatic rings. The lowest BCUT2D eigenvalue weighted by atomic mass is 10.4. The Bertz CT molecular complexity index is 283.